The fraction of sp³-hybridized carbons (Fsp3) is 0.316. The van der Waals surface area contributed by atoms with Crippen LogP contribution in [0.2, 0.25) is 10.0 Å². The first-order valence-electron chi connectivity index (χ1n) is 8.13. The molecule has 24 heavy (non-hydrogen) atoms. The molecule has 0 bridgehead atoms. The van der Waals surface area contributed by atoms with Gasteiger partial charge in [-0.05, 0) is 30.2 Å². The molecular weight excluding hydrogens is 341 g/mol. The summed E-state index contributed by atoms with van der Waals surface area (Å²) in [4.78, 5) is 2.47. The van der Waals surface area contributed by atoms with E-state index in [0.717, 1.165) is 44.0 Å². The van der Waals surface area contributed by atoms with E-state index in [1.54, 1.807) is 0 Å². The van der Waals surface area contributed by atoms with E-state index in [1.165, 1.54) is 5.56 Å². The molecule has 126 valence electrons. The summed E-state index contributed by atoms with van der Waals surface area (Å²) in [6.07, 6.45) is 0. The fourth-order valence-electron chi connectivity index (χ4n) is 2.83. The van der Waals surface area contributed by atoms with E-state index in [9.17, 15) is 0 Å². The van der Waals surface area contributed by atoms with Crippen LogP contribution < -0.4 is 0 Å². The lowest BCUT2D eigenvalue weighted by Crippen LogP contribution is -2.43. The van der Waals surface area contributed by atoms with Gasteiger partial charge in [-0.3, -0.25) is 9.91 Å². The topological polar surface area (TPSA) is 18.8 Å². The van der Waals surface area contributed by atoms with Crippen molar-refractivity contribution >= 4 is 28.9 Å². The van der Waals surface area contributed by atoms with Gasteiger partial charge in [0, 0.05) is 32.7 Å². The van der Waals surface area contributed by atoms with Crippen molar-refractivity contribution in [2.45, 2.75) is 13.5 Å². The highest BCUT2D eigenvalue weighted by atomic mass is 35.5. The van der Waals surface area contributed by atoms with E-state index in [2.05, 4.69) is 40.2 Å². The van der Waals surface area contributed by atoms with Crippen LogP contribution in [0, 0.1) is 0 Å². The SMILES string of the molecule is C/C(=N\N1CCN(Cc2ccccc2)CC1)c1ccc(Cl)c(Cl)c1. The molecule has 0 amide bonds. The van der Waals surface area contributed by atoms with Crippen LogP contribution in [-0.2, 0) is 6.54 Å². The van der Waals surface area contributed by atoms with Gasteiger partial charge in [-0.15, -0.1) is 0 Å². The van der Waals surface area contributed by atoms with Crippen molar-refractivity contribution in [3.05, 3.63) is 69.7 Å². The second kappa shape index (κ2) is 8.02. The maximum Gasteiger partial charge on any atom is 0.0647 e. The normalized spacial score (nSPS) is 16.5. The third-order valence-electron chi connectivity index (χ3n) is 4.23. The molecule has 0 aliphatic carbocycles. The summed E-state index contributed by atoms with van der Waals surface area (Å²) in [6.45, 7) is 6.93. The van der Waals surface area contributed by atoms with Gasteiger partial charge >= 0.3 is 0 Å². The molecule has 0 N–H and O–H groups in total. The number of rotatable bonds is 4. The monoisotopic (exact) mass is 361 g/mol. The first-order valence-corrected chi connectivity index (χ1v) is 8.89. The summed E-state index contributed by atoms with van der Waals surface area (Å²) in [5.74, 6) is 0. The first kappa shape index (κ1) is 17.3. The number of hydrogen-bond acceptors (Lipinski definition) is 3. The molecule has 1 saturated heterocycles. The number of nitrogens with zero attached hydrogens (tertiary/aromatic N) is 3. The van der Waals surface area contributed by atoms with Crippen molar-refractivity contribution in [1.82, 2.24) is 9.91 Å². The highest BCUT2D eigenvalue weighted by Crippen LogP contribution is 2.23. The zero-order chi connectivity index (χ0) is 16.9. The molecule has 2 aromatic rings. The van der Waals surface area contributed by atoms with E-state index < -0.39 is 0 Å². The molecule has 2 aromatic carbocycles. The predicted octanol–water partition coefficient (Wildman–Crippen LogP) is 4.54. The molecule has 0 radical (unpaired) electrons. The average Bonchev–Trinajstić information content (AvgIpc) is 2.60. The average molecular weight is 362 g/mol. The highest BCUT2D eigenvalue weighted by molar-refractivity contribution is 6.42. The van der Waals surface area contributed by atoms with Crippen LogP contribution in [-0.4, -0.2) is 41.8 Å². The molecule has 0 spiro atoms. The summed E-state index contributed by atoms with van der Waals surface area (Å²) in [5.41, 5.74) is 3.34. The summed E-state index contributed by atoms with van der Waals surface area (Å²) >= 11 is 12.1. The van der Waals surface area contributed by atoms with Crippen molar-refractivity contribution < 1.29 is 0 Å². The Morgan fingerprint density at radius 3 is 2.33 bits per heavy atom. The lowest BCUT2D eigenvalue weighted by atomic mass is 10.1. The lowest BCUT2D eigenvalue weighted by molar-refractivity contribution is 0.130. The second-order valence-electron chi connectivity index (χ2n) is 6.03. The number of hydrazone groups is 1. The zero-order valence-corrected chi connectivity index (χ0v) is 15.3. The summed E-state index contributed by atoms with van der Waals surface area (Å²) < 4.78 is 0. The zero-order valence-electron chi connectivity index (χ0n) is 13.8. The fourth-order valence-corrected chi connectivity index (χ4v) is 3.13. The van der Waals surface area contributed by atoms with Gasteiger partial charge in [0.15, 0.2) is 0 Å². The minimum absolute atomic E-state index is 0.566. The Morgan fingerprint density at radius 1 is 0.958 bits per heavy atom. The number of hydrogen-bond donors (Lipinski definition) is 0. The second-order valence-corrected chi connectivity index (χ2v) is 6.84. The molecule has 0 atom stereocenters. The molecular formula is C19H21Cl2N3. The molecule has 1 heterocycles. The van der Waals surface area contributed by atoms with Gasteiger partial charge in [0.25, 0.3) is 0 Å². The Balaban J connectivity index is 1.57. The maximum absolute atomic E-state index is 6.09. The van der Waals surface area contributed by atoms with Crippen LogP contribution in [0.4, 0.5) is 0 Å². The van der Waals surface area contributed by atoms with Gasteiger partial charge in [-0.25, -0.2) is 0 Å². The summed E-state index contributed by atoms with van der Waals surface area (Å²) in [5, 5.41) is 8.02. The third-order valence-corrected chi connectivity index (χ3v) is 4.97. The minimum Gasteiger partial charge on any atom is -0.295 e. The molecule has 1 fully saturated rings. The minimum atomic E-state index is 0.566. The molecule has 5 heteroatoms. The van der Waals surface area contributed by atoms with Gasteiger partial charge < -0.3 is 0 Å². The van der Waals surface area contributed by atoms with E-state index in [4.69, 9.17) is 28.3 Å². The third kappa shape index (κ3) is 4.50. The molecule has 0 aromatic heterocycles. The molecule has 0 saturated carbocycles. The van der Waals surface area contributed by atoms with E-state index in [1.807, 2.05) is 25.1 Å². The van der Waals surface area contributed by atoms with Crippen molar-refractivity contribution in [2.75, 3.05) is 26.2 Å². The van der Waals surface area contributed by atoms with Crippen molar-refractivity contribution in [3.8, 4) is 0 Å². The largest absolute Gasteiger partial charge is 0.295 e. The van der Waals surface area contributed by atoms with E-state index in [-0.39, 0.29) is 0 Å². The predicted molar refractivity (Wildman–Crippen MR) is 102 cm³/mol. The Kier molecular flexibility index (Phi) is 5.77. The first-order chi connectivity index (χ1) is 11.6. The van der Waals surface area contributed by atoms with Crippen LogP contribution in [0.3, 0.4) is 0 Å². The Hall–Kier alpha value is -1.55. The van der Waals surface area contributed by atoms with Gasteiger partial charge in [0.05, 0.1) is 15.8 Å². The van der Waals surface area contributed by atoms with Crippen LogP contribution in [0.25, 0.3) is 0 Å². The van der Waals surface area contributed by atoms with E-state index in [0.29, 0.717) is 10.0 Å². The number of halogens is 2. The smallest absolute Gasteiger partial charge is 0.0647 e. The van der Waals surface area contributed by atoms with Crippen LogP contribution in [0.15, 0.2) is 53.6 Å². The standard InChI is InChI=1S/C19H21Cl2N3/c1-15(17-7-8-18(20)19(21)13-17)22-24-11-9-23(10-12-24)14-16-5-3-2-4-6-16/h2-8,13H,9-12,14H2,1H3/b22-15+. The van der Waals surface area contributed by atoms with Crippen molar-refractivity contribution in [1.29, 1.82) is 0 Å². The molecule has 0 unspecified atom stereocenters. The lowest BCUT2D eigenvalue weighted by Gasteiger charge is -2.33. The molecule has 3 nitrogen and oxygen atoms in total. The van der Waals surface area contributed by atoms with Crippen LogP contribution in [0.5, 0.6) is 0 Å². The Labute approximate surface area is 153 Å². The van der Waals surface area contributed by atoms with E-state index >= 15 is 0 Å². The Morgan fingerprint density at radius 2 is 1.67 bits per heavy atom. The highest BCUT2D eigenvalue weighted by Gasteiger charge is 2.16. The Bertz CT molecular complexity index is 708. The van der Waals surface area contributed by atoms with Gasteiger partial charge in [-0.1, -0.05) is 59.6 Å². The molecule has 1 aliphatic rings. The quantitative estimate of drug-likeness (QED) is 0.744. The van der Waals surface area contributed by atoms with Crippen molar-refractivity contribution in [3.63, 3.8) is 0 Å². The van der Waals surface area contributed by atoms with Gasteiger partial charge in [0.1, 0.15) is 0 Å². The van der Waals surface area contributed by atoms with Crippen LogP contribution in [0.1, 0.15) is 18.1 Å². The summed E-state index contributed by atoms with van der Waals surface area (Å²) in [7, 11) is 0. The maximum atomic E-state index is 6.09. The van der Waals surface area contributed by atoms with Gasteiger partial charge in [0.2, 0.25) is 0 Å². The van der Waals surface area contributed by atoms with Crippen LogP contribution >= 0.6 is 23.2 Å². The summed E-state index contributed by atoms with van der Waals surface area (Å²) in [6, 6.07) is 16.2. The van der Waals surface area contributed by atoms with Crippen molar-refractivity contribution in [2.24, 2.45) is 5.10 Å². The molecule has 1 aliphatic heterocycles. The molecule has 3 rings (SSSR count). The number of benzene rings is 2. The van der Waals surface area contributed by atoms with Gasteiger partial charge in [-0.2, -0.15) is 5.10 Å². The number of piperazine rings is 1.